The Balaban J connectivity index is 1.61. The summed E-state index contributed by atoms with van der Waals surface area (Å²) in [6.45, 7) is 5.08. The van der Waals surface area contributed by atoms with Crippen LogP contribution in [0.15, 0.2) is 107 Å². The fourth-order valence-electron chi connectivity index (χ4n) is 3.91. The van der Waals surface area contributed by atoms with Crippen molar-refractivity contribution in [1.29, 1.82) is 0 Å². The number of para-hydroxylation sites is 1. The van der Waals surface area contributed by atoms with Crippen molar-refractivity contribution in [2.24, 2.45) is 10.1 Å². The quantitative estimate of drug-likeness (QED) is 0.171. The molecule has 36 heavy (non-hydrogen) atoms. The van der Waals surface area contributed by atoms with Crippen LogP contribution in [-0.4, -0.2) is 27.2 Å². The summed E-state index contributed by atoms with van der Waals surface area (Å²) in [5.41, 5.74) is 7.28. The highest BCUT2D eigenvalue weighted by atomic mass is 32.1. The summed E-state index contributed by atoms with van der Waals surface area (Å²) in [7, 11) is 0. The van der Waals surface area contributed by atoms with E-state index in [4.69, 9.17) is 15.2 Å². The molecule has 0 aliphatic carbocycles. The molecule has 0 bridgehead atoms. The molecule has 5 nitrogen and oxygen atoms in total. The lowest BCUT2D eigenvalue weighted by atomic mass is 10.1. The average molecular weight is 492 g/mol. The third-order valence-corrected chi connectivity index (χ3v) is 6.77. The van der Waals surface area contributed by atoms with E-state index in [0.29, 0.717) is 0 Å². The van der Waals surface area contributed by atoms with E-state index in [1.165, 1.54) is 5.56 Å². The highest BCUT2D eigenvalue weighted by Crippen LogP contribution is 2.24. The fourth-order valence-corrected chi connectivity index (χ4v) is 4.77. The normalized spacial score (nSPS) is 12.0. The molecule has 180 valence electrons. The number of rotatable bonds is 8. The molecule has 0 radical (unpaired) electrons. The predicted octanol–water partition coefficient (Wildman–Crippen LogP) is 6.96. The molecule has 0 spiro atoms. The van der Waals surface area contributed by atoms with Crippen LogP contribution in [0.2, 0.25) is 0 Å². The van der Waals surface area contributed by atoms with Crippen LogP contribution in [0.5, 0.6) is 0 Å². The minimum absolute atomic E-state index is 0.793. The van der Waals surface area contributed by atoms with Gasteiger partial charge in [0.1, 0.15) is 5.69 Å². The molecule has 0 saturated heterocycles. The Hall–Kier alpha value is -4.03. The summed E-state index contributed by atoms with van der Waals surface area (Å²) in [4.78, 5) is 5.75. The van der Waals surface area contributed by atoms with E-state index in [-0.39, 0.29) is 0 Å². The molecule has 0 aliphatic rings. The Morgan fingerprint density at radius 3 is 2.33 bits per heavy atom. The molecule has 0 aliphatic heterocycles. The zero-order valence-electron chi connectivity index (χ0n) is 20.6. The number of unbranched alkanes of at least 4 members (excludes halogenated alkanes) is 1. The van der Waals surface area contributed by atoms with Gasteiger partial charge in [0.2, 0.25) is 4.80 Å². The SMILES string of the molecule is CCCCN=c1scc(-c2ccc(C)cc2)n1/N=C\c1cn(-c2ccccc2)nc1-c1ccccc1. The van der Waals surface area contributed by atoms with Crippen LogP contribution in [0.4, 0.5) is 0 Å². The van der Waals surface area contributed by atoms with Crippen molar-refractivity contribution in [1.82, 2.24) is 14.5 Å². The number of nitrogens with zero attached hydrogens (tertiary/aromatic N) is 5. The topological polar surface area (TPSA) is 47.5 Å². The number of benzene rings is 3. The van der Waals surface area contributed by atoms with Crippen molar-refractivity contribution in [2.75, 3.05) is 6.54 Å². The largest absolute Gasteiger partial charge is 0.257 e. The van der Waals surface area contributed by atoms with Crippen LogP contribution < -0.4 is 4.80 Å². The van der Waals surface area contributed by atoms with Crippen molar-refractivity contribution in [3.63, 3.8) is 0 Å². The fraction of sp³-hybridized carbons (Fsp3) is 0.167. The Morgan fingerprint density at radius 1 is 0.889 bits per heavy atom. The van der Waals surface area contributed by atoms with Gasteiger partial charge in [-0.2, -0.15) is 10.2 Å². The van der Waals surface area contributed by atoms with E-state index in [1.807, 2.05) is 58.2 Å². The second kappa shape index (κ2) is 11.1. The molecule has 0 unspecified atom stereocenters. The highest BCUT2D eigenvalue weighted by Gasteiger charge is 2.12. The Bertz CT molecular complexity index is 1510. The van der Waals surface area contributed by atoms with Crippen LogP contribution in [0.25, 0.3) is 28.2 Å². The second-order valence-electron chi connectivity index (χ2n) is 8.64. The number of hydrogen-bond donors (Lipinski definition) is 0. The van der Waals surface area contributed by atoms with Gasteiger partial charge in [-0.15, -0.1) is 11.3 Å². The molecule has 0 atom stereocenters. The Labute approximate surface area is 215 Å². The molecule has 3 aromatic carbocycles. The van der Waals surface area contributed by atoms with Gasteiger partial charge in [0, 0.05) is 34.8 Å². The van der Waals surface area contributed by atoms with E-state index < -0.39 is 0 Å². The molecule has 5 aromatic rings. The summed E-state index contributed by atoms with van der Waals surface area (Å²) in [5, 5.41) is 12.0. The first kappa shape index (κ1) is 23.7. The first-order valence-corrected chi connectivity index (χ1v) is 13.1. The Morgan fingerprint density at radius 2 is 1.61 bits per heavy atom. The monoisotopic (exact) mass is 491 g/mol. The zero-order valence-corrected chi connectivity index (χ0v) is 21.4. The molecule has 5 rings (SSSR count). The number of thiazole rings is 1. The minimum Gasteiger partial charge on any atom is -0.257 e. The lowest BCUT2D eigenvalue weighted by Gasteiger charge is -2.04. The third-order valence-electron chi connectivity index (χ3n) is 5.91. The zero-order chi connectivity index (χ0) is 24.7. The van der Waals surface area contributed by atoms with Gasteiger partial charge in [-0.05, 0) is 25.5 Å². The van der Waals surface area contributed by atoms with E-state index in [9.17, 15) is 0 Å². The first-order chi connectivity index (χ1) is 17.7. The maximum atomic E-state index is 4.96. The highest BCUT2D eigenvalue weighted by molar-refractivity contribution is 7.07. The van der Waals surface area contributed by atoms with Crippen molar-refractivity contribution in [2.45, 2.75) is 26.7 Å². The first-order valence-electron chi connectivity index (χ1n) is 12.3. The minimum atomic E-state index is 0.793. The van der Waals surface area contributed by atoms with Crippen LogP contribution >= 0.6 is 11.3 Å². The van der Waals surface area contributed by atoms with E-state index in [0.717, 1.165) is 58.0 Å². The summed E-state index contributed by atoms with van der Waals surface area (Å²) in [6, 6.07) is 28.9. The molecule has 0 saturated carbocycles. The maximum absolute atomic E-state index is 4.96. The molecular weight excluding hydrogens is 462 g/mol. The van der Waals surface area contributed by atoms with Crippen LogP contribution in [0.3, 0.4) is 0 Å². The molecule has 0 fully saturated rings. The third kappa shape index (κ3) is 5.29. The van der Waals surface area contributed by atoms with Gasteiger partial charge < -0.3 is 0 Å². The molecule has 2 heterocycles. The van der Waals surface area contributed by atoms with Crippen LogP contribution in [-0.2, 0) is 0 Å². The summed E-state index contributed by atoms with van der Waals surface area (Å²) in [5.74, 6) is 0. The van der Waals surface area contributed by atoms with Gasteiger partial charge in [-0.3, -0.25) is 4.99 Å². The summed E-state index contributed by atoms with van der Waals surface area (Å²) >= 11 is 1.63. The molecule has 0 amide bonds. The van der Waals surface area contributed by atoms with E-state index in [1.54, 1.807) is 11.3 Å². The van der Waals surface area contributed by atoms with E-state index in [2.05, 4.69) is 67.8 Å². The van der Waals surface area contributed by atoms with E-state index >= 15 is 0 Å². The van der Waals surface area contributed by atoms with Crippen LogP contribution in [0.1, 0.15) is 30.9 Å². The van der Waals surface area contributed by atoms with Gasteiger partial charge >= 0.3 is 0 Å². The average Bonchev–Trinajstić information content (AvgIpc) is 3.53. The Kier molecular flexibility index (Phi) is 7.33. The lowest BCUT2D eigenvalue weighted by molar-refractivity contribution is 0.764. The van der Waals surface area contributed by atoms with Gasteiger partial charge in [0.05, 0.1) is 17.6 Å². The number of aromatic nitrogens is 3. The van der Waals surface area contributed by atoms with Crippen LogP contribution in [0, 0.1) is 6.92 Å². The van der Waals surface area contributed by atoms with Crippen molar-refractivity contribution in [3.05, 3.63) is 112 Å². The van der Waals surface area contributed by atoms with Gasteiger partial charge in [0.15, 0.2) is 0 Å². The second-order valence-corrected chi connectivity index (χ2v) is 9.48. The van der Waals surface area contributed by atoms with Gasteiger partial charge in [-0.1, -0.05) is 91.7 Å². The summed E-state index contributed by atoms with van der Waals surface area (Å²) in [6.07, 6.45) is 6.11. The predicted molar refractivity (Wildman–Crippen MR) is 150 cm³/mol. The van der Waals surface area contributed by atoms with Crippen molar-refractivity contribution < 1.29 is 0 Å². The van der Waals surface area contributed by atoms with Gasteiger partial charge in [-0.25, -0.2) is 9.36 Å². The molecule has 6 heteroatoms. The molecular formula is C30H29N5S. The lowest BCUT2D eigenvalue weighted by Crippen LogP contribution is -2.12. The standard InChI is InChI=1S/C30H29N5S/c1-3-4-19-31-30-35(28(22-36-30)24-17-15-23(2)16-18-24)32-20-26-21-34(27-13-9-6-10-14-27)33-29(26)25-11-7-5-8-12-25/h5-18,20-22H,3-4,19H2,1-2H3/b31-30?,32-20-. The molecule has 0 N–H and O–H groups in total. The summed E-state index contributed by atoms with van der Waals surface area (Å²) < 4.78 is 3.87. The van der Waals surface area contributed by atoms with Gasteiger partial charge in [0.25, 0.3) is 0 Å². The maximum Gasteiger partial charge on any atom is 0.206 e. The number of hydrogen-bond acceptors (Lipinski definition) is 4. The van der Waals surface area contributed by atoms with Crippen molar-refractivity contribution >= 4 is 17.6 Å². The molecule has 2 aromatic heterocycles. The smallest absolute Gasteiger partial charge is 0.206 e. The number of aryl methyl sites for hydroxylation is 1. The van der Waals surface area contributed by atoms with Crippen molar-refractivity contribution in [3.8, 4) is 28.2 Å².